The molecule has 1 heterocycles. The number of carbonyl (C=O) groups is 2. The Labute approximate surface area is 206 Å². The standard InChI is InChI=1S/C26H32N2O6S/c1-4-34-25(30)26(13-14-26)20-6-8-21(9-7-20)27-24(29)19-11-15-28(16-12-19)35(31,32)23-17-18(2)5-10-22(23)33-3/h5-10,17,19H,4,11-16H2,1-3H3,(H,27,29). The van der Waals surface area contributed by atoms with Gasteiger partial charge in [-0.15, -0.1) is 0 Å². The monoisotopic (exact) mass is 500 g/mol. The molecule has 4 rings (SSSR count). The molecule has 1 aliphatic heterocycles. The van der Waals surface area contributed by atoms with Gasteiger partial charge < -0.3 is 14.8 Å². The molecule has 0 atom stereocenters. The van der Waals surface area contributed by atoms with Crippen LogP contribution in [0.1, 0.15) is 43.7 Å². The highest BCUT2D eigenvalue weighted by Crippen LogP contribution is 2.49. The van der Waals surface area contributed by atoms with Crippen molar-refractivity contribution in [3.63, 3.8) is 0 Å². The van der Waals surface area contributed by atoms with Gasteiger partial charge in [0.25, 0.3) is 0 Å². The van der Waals surface area contributed by atoms with Gasteiger partial charge in [-0.05, 0) is 74.9 Å². The normalized spacial score (nSPS) is 18.0. The van der Waals surface area contributed by atoms with Crippen molar-refractivity contribution in [1.29, 1.82) is 0 Å². The lowest BCUT2D eigenvalue weighted by atomic mass is 9.95. The highest BCUT2D eigenvalue weighted by atomic mass is 32.2. The molecule has 1 saturated carbocycles. The van der Waals surface area contributed by atoms with E-state index in [1.165, 1.54) is 11.4 Å². The molecule has 1 N–H and O–H groups in total. The minimum Gasteiger partial charge on any atom is -0.495 e. The molecule has 2 fully saturated rings. The molecule has 0 radical (unpaired) electrons. The van der Waals surface area contributed by atoms with Crippen LogP contribution in [0.5, 0.6) is 5.75 Å². The number of nitrogens with one attached hydrogen (secondary N) is 1. The number of anilines is 1. The van der Waals surface area contributed by atoms with Gasteiger partial charge in [-0.1, -0.05) is 18.2 Å². The SMILES string of the molecule is CCOC(=O)C1(c2ccc(NC(=O)C3CCN(S(=O)(=O)c4cc(C)ccc4OC)CC3)cc2)CC1. The fourth-order valence-corrected chi connectivity index (χ4v) is 6.31. The van der Waals surface area contributed by atoms with Crippen molar-refractivity contribution in [2.45, 2.75) is 49.8 Å². The number of amides is 1. The lowest BCUT2D eigenvalue weighted by Gasteiger charge is -2.31. The number of aryl methyl sites for hydroxylation is 1. The van der Waals surface area contributed by atoms with Crippen LogP contribution in [0.15, 0.2) is 47.4 Å². The third-order valence-corrected chi connectivity index (χ3v) is 8.80. The fourth-order valence-electron chi connectivity index (χ4n) is 4.60. The Balaban J connectivity index is 1.36. The predicted molar refractivity (Wildman–Crippen MR) is 132 cm³/mol. The first-order chi connectivity index (χ1) is 16.7. The van der Waals surface area contributed by atoms with E-state index in [4.69, 9.17) is 9.47 Å². The van der Waals surface area contributed by atoms with Crippen LogP contribution in [0.4, 0.5) is 5.69 Å². The summed E-state index contributed by atoms with van der Waals surface area (Å²) >= 11 is 0. The second kappa shape index (κ2) is 9.99. The number of rotatable bonds is 8. The largest absolute Gasteiger partial charge is 0.495 e. The first-order valence-electron chi connectivity index (χ1n) is 11.9. The molecule has 1 aliphatic carbocycles. The summed E-state index contributed by atoms with van der Waals surface area (Å²) in [5.74, 6) is -0.291. The third-order valence-electron chi connectivity index (χ3n) is 6.88. The van der Waals surface area contributed by atoms with Crippen LogP contribution in [-0.2, 0) is 29.8 Å². The zero-order valence-electron chi connectivity index (χ0n) is 20.4. The first-order valence-corrected chi connectivity index (χ1v) is 13.4. The average molecular weight is 501 g/mol. The van der Waals surface area contributed by atoms with Crippen LogP contribution in [0, 0.1) is 12.8 Å². The van der Waals surface area contributed by atoms with Gasteiger partial charge in [0.1, 0.15) is 10.6 Å². The van der Waals surface area contributed by atoms with E-state index in [1.54, 1.807) is 31.2 Å². The van der Waals surface area contributed by atoms with E-state index in [9.17, 15) is 18.0 Å². The smallest absolute Gasteiger partial charge is 0.316 e. The number of sulfonamides is 1. The number of ether oxygens (including phenoxy) is 2. The van der Waals surface area contributed by atoms with Crippen molar-refractivity contribution >= 4 is 27.6 Å². The minimum atomic E-state index is -3.72. The first kappa shape index (κ1) is 25.2. The Morgan fingerprint density at radius 2 is 1.74 bits per heavy atom. The molecule has 2 aromatic rings. The molecule has 35 heavy (non-hydrogen) atoms. The molecule has 1 saturated heterocycles. The van der Waals surface area contributed by atoms with Crippen molar-refractivity contribution in [2.24, 2.45) is 5.92 Å². The Bertz CT molecular complexity index is 1200. The Morgan fingerprint density at radius 1 is 1.09 bits per heavy atom. The van der Waals surface area contributed by atoms with Gasteiger partial charge in [0.15, 0.2) is 0 Å². The molecule has 2 aliphatic rings. The van der Waals surface area contributed by atoms with Crippen LogP contribution >= 0.6 is 0 Å². The number of nitrogens with zero attached hydrogens (tertiary/aromatic N) is 1. The van der Waals surface area contributed by atoms with Gasteiger partial charge in [-0.3, -0.25) is 9.59 Å². The molecule has 1 amide bonds. The summed E-state index contributed by atoms with van der Waals surface area (Å²) in [6.07, 6.45) is 2.41. The number of piperidine rings is 1. The number of hydrogen-bond acceptors (Lipinski definition) is 6. The van der Waals surface area contributed by atoms with Crippen molar-refractivity contribution in [3.05, 3.63) is 53.6 Å². The molecule has 0 aromatic heterocycles. The molecule has 9 heteroatoms. The lowest BCUT2D eigenvalue weighted by Crippen LogP contribution is -2.41. The summed E-state index contributed by atoms with van der Waals surface area (Å²) < 4.78 is 38.3. The number of methoxy groups -OCH3 is 1. The van der Waals surface area contributed by atoms with E-state index in [-0.39, 0.29) is 35.8 Å². The van der Waals surface area contributed by atoms with Crippen LogP contribution in [0.3, 0.4) is 0 Å². The second-order valence-corrected chi connectivity index (χ2v) is 11.1. The predicted octanol–water partition coefficient (Wildman–Crippen LogP) is 3.64. The molecule has 2 aromatic carbocycles. The van der Waals surface area contributed by atoms with Crippen molar-refractivity contribution in [2.75, 3.05) is 32.1 Å². The number of carbonyl (C=O) groups excluding carboxylic acids is 2. The van der Waals surface area contributed by atoms with Gasteiger partial charge in [0.2, 0.25) is 15.9 Å². The molecule has 0 bridgehead atoms. The third kappa shape index (κ3) is 5.06. The molecule has 0 spiro atoms. The zero-order chi connectivity index (χ0) is 25.2. The Morgan fingerprint density at radius 3 is 2.31 bits per heavy atom. The Kier molecular flexibility index (Phi) is 7.19. The number of benzene rings is 2. The van der Waals surface area contributed by atoms with E-state index >= 15 is 0 Å². The van der Waals surface area contributed by atoms with E-state index in [0.717, 1.165) is 24.0 Å². The lowest BCUT2D eigenvalue weighted by molar-refractivity contribution is -0.146. The molecule has 8 nitrogen and oxygen atoms in total. The summed E-state index contributed by atoms with van der Waals surface area (Å²) in [6.45, 7) is 4.51. The summed E-state index contributed by atoms with van der Waals surface area (Å²) in [5, 5.41) is 2.93. The van der Waals surface area contributed by atoms with Gasteiger partial charge in [-0.25, -0.2) is 8.42 Å². The summed E-state index contributed by atoms with van der Waals surface area (Å²) in [6, 6.07) is 12.4. The quantitative estimate of drug-likeness (QED) is 0.556. The summed E-state index contributed by atoms with van der Waals surface area (Å²) in [5.41, 5.74) is 1.84. The molecule has 0 unspecified atom stereocenters. The fraction of sp³-hybridized carbons (Fsp3) is 0.462. The minimum absolute atomic E-state index is 0.130. The average Bonchev–Trinajstić information content (AvgIpc) is 3.67. The maximum absolute atomic E-state index is 13.2. The van der Waals surface area contributed by atoms with Gasteiger partial charge in [0, 0.05) is 24.7 Å². The highest BCUT2D eigenvalue weighted by molar-refractivity contribution is 7.89. The van der Waals surface area contributed by atoms with Gasteiger partial charge in [0.05, 0.1) is 19.1 Å². The van der Waals surface area contributed by atoms with E-state index in [1.807, 2.05) is 25.1 Å². The van der Waals surface area contributed by atoms with Crippen molar-refractivity contribution in [1.82, 2.24) is 4.31 Å². The molecular weight excluding hydrogens is 468 g/mol. The zero-order valence-corrected chi connectivity index (χ0v) is 21.2. The van der Waals surface area contributed by atoms with Crippen LogP contribution in [-0.4, -0.2) is 51.4 Å². The van der Waals surface area contributed by atoms with Crippen LogP contribution in [0.25, 0.3) is 0 Å². The second-order valence-electron chi connectivity index (χ2n) is 9.20. The maximum Gasteiger partial charge on any atom is 0.316 e. The van der Waals surface area contributed by atoms with Gasteiger partial charge >= 0.3 is 5.97 Å². The summed E-state index contributed by atoms with van der Waals surface area (Å²) in [4.78, 5) is 25.3. The van der Waals surface area contributed by atoms with E-state index in [0.29, 0.717) is 30.9 Å². The van der Waals surface area contributed by atoms with Crippen LogP contribution in [0.2, 0.25) is 0 Å². The number of esters is 1. The Hall–Kier alpha value is -2.91. The summed E-state index contributed by atoms with van der Waals surface area (Å²) in [7, 11) is -2.27. The van der Waals surface area contributed by atoms with Gasteiger partial charge in [-0.2, -0.15) is 4.31 Å². The van der Waals surface area contributed by atoms with E-state index in [2.05, 4.69) is 5.32 Å². The van der Waals surface area contributed by atoms with Crippen molar-refractivity contribution in [3.8, 4) is 5.75 Å². The highest BCUT2D eigenvalue weighted by Gasteiger charge is 2.52. The van der Waals surface area contributed by atoms with Crippen LogP contribution < -0.4 is 10.1 Å². The number of hydrogen-bond donors (Lipinski definition) is 1. The topological polar surface area (TPSA) is 102 Å². The van der Waals surface area contributed by atoms with Crippen molar-refractivity contribution < 1.29 is 27.5 Å². The molecular formula is C26H32N2O6S. The van der Waals surface area contributed by atoms with E-state index < -0.39 is 15.4 Å². The molecule has 188 valence electrons. The maximum atomic E-state index is 13.2.